The predicted octanol–water partition coefficient (Wildman–Crippen LogP) is 0.396. The number of rotatable bonds is 2. The molecule has 102 valence electrons. The van der Waals surface area contributed by atoms with Gasteiger partial charge < -0.3 is 0 Å². The fourth-order valence-corrected chi connectivity index (χ4v) is 2.78. The summed E-state index contributed by atoms with van der Waals surface area (Å²) in [6.07, 6.45) is 1.59. The van der Waals surface area contributed by atoms with Gasteiger partial charge in [0.15, 0.2) is 5.17 Å². The molecule has 0 radical (unpaired) electrons. The van der Waals surface area contributed by atoms with Crippen molar-refractivity contribution in [1.82, 2.24) is 10.3 Å². The number of nitrogens with zero attached hydrogens (tertiary/aromatic N) is 3. The second-order valence-electron chi connectivity index (χ2n) is 4.43. The molecule has 0 spiro atoms. The molecule has 0 bridgehead atoms. The molecule has 3 rings (SSSR count). The van der Waals surface area contributed by atoms with Gasteiger partial charge in [0.1, 0.15) is 11.9 Å². The van der Waals surface area contributed by atoms with Crippen LogP contribution in [-0.4, -0.2) is 28.0 Å². The summed E-state index contributed by atoms with van der Waals surface area (Å²) in [5, 5.41) is 11.2. The molecule has 0 aromatic heterocycles. The van der Waals surface area contributed by atoms with E-state index < -0.39 is 0 Å². The maximum Gasteiger partial charge on any atom is 0.276 e. The highest BCUT2D eigenvalue weighted by Gasteiger charge is 2.31. The van der Waals surface area contributed by atoms with Crippen LogP contribution in [-0.2, 0) is 4.79 Å². The first-order chi connectivity index (χ1) is 9.70. The molecule has 2 aliphatic heterocycles. The van der Waals surface area contributed by atoms with Crippen LogP contribution in [0.5, 0.6) is 0 Å². The Bertz CT molecular complexity index is 725. The molecule has 0 fully saturated rings. The van der Waals surface area contributed by atoms with Gasteiger partial charge in [-0.25, -0.2) is 5.01 Å². The first kappa shape index (κ1) is 12.9. The molecule has 2 aliphatic rings. The molecule has 1 unspecified atom stereocenters. The number of para-hydroxylation sites is 1. The van der Waals surface area contributed by atoms with Crippen LogP contribution in [0.15, 0.2) is 47.0 Å². The molecule has 1 N–H and O–H groups in total. The van der Waals surface area contributed by atoms with Crippen molar-refractivity contribution in [2.24, 2.45) is 10.1 Å². The van der Waals surface area contributed by atoms with Gasteiger partial charge in [-0.05, 0) is 13.0 Å². The second-order valence-corrected chi connectivity index (χ2v) is 5.44. The van der Waals surface area contributed by atoms with Crippen LogP contribution in [0.4, 0.5) is 0 Å². The lowest BCUT2D eigenvalue weighted by molar-refractivity contribution is -0.116. The molecule has 0 saturated carbocycles. The van der Waals surface area contributed by atoms with Gasteiger partial charge in [-0.15, -0.1) is 11.7 Å². The number of benzene rings is 1. The molecule has 1 aromatic rings. The van der Waals surface area contributed by atoms with E-state index in [4.69, 9.17) is 0 Å². The Kier molecular flexibility index (Phi) is 3.31. The first-order valence-corrected chi connectivity index (χ1v) is 7.29. The van der Waals surface area contributed by atoms with E-state index in [0.717, 1.165) is 10.6 Å². The molecule has 5 nitrogen and oxygen atoms in total. The molecular weight excluding hydrogens is 272 g/mol. The topological polar surface area (TPSA) is 57.1 Å². The van der Waals surface area contributed by atoms with E-state index in [-0.39, 0.29) is 12.1 Å². The zero-order chi connectivity index (χ0) is 14.1. The van der Waals surface area contributed by atoms with Crippen molar-refractivity contribution >= 4 is 28.5 Å². The van der Waals surface area contributed by atoms with Crippen LogP contribution in [0.3, 0.4) is 0 Å². The zero-order valence-electron chi connectivity index (χ0n) is 11.0. The van der Waals surface area contributed by atoms with Crippen molar-refractivity contribution in [3.8, 4) is 0 Å². The Hall–Kier alpha value is -2.08. The summed E-state index contributed by atoms with van der Waals surface area (Å²) in [6.45, 7) is 5.59. The predicted molar refractivity (Wildman–Crippen MR) is 80.2 cm³/mol. The van der Waals surface area contributed by atoms with Crippen LogP contribution >= 0.6 is 11.8 Å². The quantitative estimate of drug-likeness (QED) is 0.801. The van der Waals surface area contributed by atoms with Gasteiger partial charge >= 0.3 is 0 Å². The average Bonchev–Trinajstić information content (AvgIpc) is 2.45. The minimum atomic E-state index is -0.190. The Balaban J connectivity index is 2.13. The standard InChI is InChI=1S/C14H14N4OS/c1-3-8-20-14-16-13(19)12-10-6-4-5-7-11(10)15-9(2)18(12)17-14/h3-7,9H,1,8H2,2H3,(H,16,17,19). The lowest BCUT2D eigenvalue weighted by Gasteiger charge is -2.32. The maximum absolute atomic E-state index is 12.4. The van der Waals surface area contributed by atoms with E-state index in [0.29, 0.717) is 16.6 Å². The second kappa shape index (κ2) is 5.13. The zero-order valence-corrected chi connectivity index (χ0v) is 11.9. The van der Waals surface area contributed by atoms with E-state index in [1.165, 1.54) is 11.8 Å². The van der Waals surface area contributed by atoms with Gasteiger partial charge in [0.05, 0.1) is 5.36 Å². The van der Waals surface area contributed by atoms with Gasteiger partial charge in [-0.2, -0.15) is 0 Å². The molecule has 2 heterocycles. The fourth-order valence-electron chi connectivity index (χ4n) is 2.19. The smallest absolute Gasteiger partial charge is 0.276 e. The van der Waals surface area contributed by atoms with Crippen LogP contribution < -0.4 is 15.9 Å². The number of amidine groups is 1. The monoisotopic (exact) mass is 286 g/mol. The van der Waals surface area contributed by atoms with E-state index >= 15 is 0 Å². The molecule has 0 aliphatic carbocycles. The van der Waals surface area contributed by atoms with Crippen LogP contribution in [0.25, 0.3) is 5.70 Å². The summed E-state index contributed by atoms with van der Waals surface area (Å²) in [7, 11) is 0. The highest BCUT2D eigenvalue weighted by atomic mass is 32.2. The van der Waals surface area contributed by atoms with E-state index in [1.54, 1.807) is 11.1 Å². The lowest BCUT2D eigenvalue weighted by Crippen LogP contribution is -2.51. The van der Waals surface area contributed by atoms with Crippen molar-refractivity contribution in [2.45, 2.75) is 13.1 Å². The third kappa shape index (κ3) is 2.12. The van der Waals surface area contributed by atoms with Gasteiger partial charge in [0.25, 0.3) is 5.91 Å². The Morgan fingerprint density at radius 2 is 2.30 bits per heavy atom. The third-order valence-electron chi connectivity index (χ3n) is 3.04. The summed E-state index contributed by atoms with van der Waals surface area (Å²) in [6, 6.07) is 7.62. The number of nitrogens with one attached hydrogen (secondary N) is 1. The highest BCUT2D eigenvalue weighted by Crippen LogP contribution is 2.19. The Morgan fingerprint density at radius 3 is 3.10 bits per heavy atom. The molecule has 0 saturated heterocycles. The third-order valence-corrected chi connectivity index (χ3v) is 3.90. The number of hydrogen-bond acceptors (Lipinski definition) is 5. The molecule has 20 heavy (non-hydrogen) atoms. The number of hydrogen-bond donors (Lipinski definition) is 1. The minimum Gasteiger partial charge on any atom is -0.298 e. The summed E-state index contributed by atoms with van der Waals surface area (Å²) in [5.74, 6) is 0.561. The summed E-state index contributed by atoms with van der Waals surface area (Å²) < 4.78 is 0. The summed E-state index contributed by atoms with van der Waals surface area (Å²) in [5.41, 5.74) is 0.561. The molecule has 1 amide bonds. The van der Waals surface area contributed by atoms with Crippen molar-refractivity contribution in [3.05, 3.63) is 47.5 Å². The Morgan fingerprint density at radius 1 is 1.50 bits per heavy atom. The Labute approximate surface area is 120 Å². The van der Waals surface area contributed by atoms with Gasteiger partial charge in [-0.1, -0.05) is 36.0 Å². The summed E-state index contributed by atoms with van der Waals surface area (Å²) >= 11 is 1.44. The highest BCUT2D eigenvalue weighted by molar-refractivity contribution is 8.14. The largest absolute Gasteiger partial charge is 0.298 e. The number of hydrazone groups is 1. The molecule has 1 aromatic carbocycles. The average molecular weight is 286 g/mol. The maximum atomic E-state index is 12.4. The van der Waals surface area contributed by atoms with Crippen molar-refractivity contribution < 1.29 is 4.79 Å². The number of carbonyl (C=O) groups is 1. The van der Waals surface area contributed by atoms with Crippen LogP contribution in [0.1, 0.15) is 6.92 Å². The van der Waals surface area contributed by atoms with E-state index in [2.05, 4.69) is 22.0 Å². The fraction of sp³-hybridized carbons (Fsp3) is 0.214. The van der Waals surface area contributed by atoms with E-state index in [9.17, 15) is 4.79 Å². The van der Waals surface area contributed by atoms with Crippen molar-refractivity contribution in [2.75, 3.05) is 5.75 Å². The van der Waals surface area contributed by atoms with E-state index in [1.807, 2.05) is 31.2 Å². The van der Waals surface area contributed by atoms with Gasteiger partial charge in [-0.3, -0.25) is 15.1 Å². The normalized spacial score (nSPS) is 20.4. The van der Waals surface area contributed by atoms with Crippen LogP contribution in [0.2, 0.25) is 0 Å². The number of amides is 1. The summed E-state index contributed by atoms with van der Waals surface area (Å²) in [4.78, 5) is 16.9. The van der Waals surface area contributed by atoms with Crippen molar-refractivity contribution in [1.29, 1.82) is 0 Å². The minimum absolute atomic E-state index is 0.138. The first-order valence-electron chi connectivity index (χ1n) is 6.31. The molecule has 6 heteroatoms. The van der Waals surface area contributed by atoms with Gasteiger partial charge in [0, 0.05) is 11.0 Å². The van der Waals surface area contributed by atoms with Crippen LogP contribution in [0, 0.1) is 0 Å². The SMILES string of the molecule is C=CCSC1=NN2C(=c3ccccc3=NC2C)C(=O)N1. The van der Waals surface area contributed by atoms with Crippen molar-refractivity contribution in [3.63, 3.8) is 0 Å². The number of fused-ring (bicyclic) bond motifs is 2. The van der Waals surface area contributed by atoms with Gasteiger partial charge in [0.2, 0.25) is 0 Å². The molecule has 1 atom stereocenters. The number of thioether (sulfide) groups is 1. The number of carbonyl (C=O) groups excluding carboxylic acids is 1. The lowest BCUT2D eigenvalue weighted by atomic mass is 10.2. The molecular formula is C14H14N4OS.